The van der Waals surface area contributed by atoms with Crippen LogP contribution in [0.5, 0.6) is 5.75 Å². The van der Waals surface area contributed by atoms with Gasteiger partial charge < -0.3 is 19.9 Å². The van der Waals surface area contributed by atoms with E-state index in [0.717, 1.165) is 42.2 Å². The van der Waals surface area contributed by atoms with E-state index < -0.39 is 0 Å². The predicted molar refractivity (Wildman–Crippen MR) is 127 cm³/mol. The van der Waals surface area contributed by atoms with Crippen LogP contribution in [0.4, 0.5) is 5.82 Å². The number of rotatable bonds is 9. The summed E-state index contributed by atoms with van der Waals surface area (Å²) in [7, 11) is 5.94. The van der Waals surface area contributed by atoms with Crippen molar-refractivity contribution in [2.45, 2.75) is 46.6 Å². The normalized spacial score (nSPS) is 14.5. The molecule has 0 aromatic carbocycles. The number of carbonyl (C=O) groups excluding carboxylic acids is 1. The summed E-state index contributed by atoms with van der Waals surface area (Å²) in [4.78, 5) is 30.6. The molecule has 1 aliphatic rings. The highest BCUT2D eigenvalue weighted by atomic mass is 16.5. The number of amides is 1. The molecule has 0 atom stereocenters. The first-order chi connectivity index (χ1) is 15.0. The Kier molecular flexibility index (Phi) is 7.33. The molecule has 1 aliphatic carbocycles. The second-order valence-corrected chi connectivity index (χ2v) is 9.92. The smallest absolute Gasteiger partial charge is 0.239 e. The van der Waals surface area contributed by atoms with Crippen molar-refractivity contribution in [1.29, 1.82) is 0 Å². The number of nitrogens with one attached hydrogen (secondary N) is 1. The van der Waals surface area contributed by atoms with Crippen molar-refractivity contribution >= 4 is 11.7 Å². The first-order valence-corrected chi connectivity index (χ1v) is 11.2. The van der Waals surface area contributed by atoms with E-state index in [0.29, 0.717) is 18.1 Å². The minimum absolute atomic E-state index is 0.0249. The monoisotopic (exact) mass is 440 g/mol. The van der Waals surface area contributed by atoms with Crippen molar-refractivity contribution in [2.75, 3.05) is 45.7 Å². The van der Waals surface area contributed by atoms with Gasteiger partial charge in [-0.25, -0.2) is 9.97 Å². The maximum Gasteiger partial charge on any atom is 0.239 e. The number of nitrogens with zero attached hydrogens (tertiary/aromatic N) is 5. The van der Waals surface area contributed by atoms with E-state index in [4.69, 9.17) is 14.7 Å². The minimum Gasteiger partial charge on any atom is -0.492 e. The lowest BCUT2D eigenvalue weighted by Crippen LogP contribution is -2.39. The third-order valence-electron chi connectivity index (χ3n) is 5.33. The van der Waals surface area contributed by atoms with Crippen LogP contribution in [0.3, 0.4) is 0 Å². The lowest BCUT2D eigenvalue weighted by Gasteiger charge is -2.22. The molecule has 174 valence electrons. The van der Waals surface area contributed by atoms with Crippen LogP contribution in [0.15, 0.2) is 18.3 Å². The Balaban J connectivity index is 1.91. The predicted octanol–water partition coefficient (Wildman–Crippen LogP) is 2.56. The van der Waals surface area contributed by atoms with Gasteiger partial charge in [0.1, 0.15) is 23.9 Å². The molecule has 2 aromatic heterocycles. The molecule has 32 heavy (non-hydrogen) atoms. The van der Waals surface area contributed by atoms with Gasteiger partial charge in [-0.2, -0.15) is 0 Å². The van der Waals surface area contributed by atoms with E-state index >= 15 is 0 Å². The van der Waals surface area contributed by atoms with Crippen molar-refractivity contribution in [3.63, 3.8) is 0 Å². The minimum atomic E-state index is -0.0249. The number of carbonyl (C=O) groups is 1. The molecule has 8 heteroatoms. The van der Waals surface area contributed by atoms with Crippen LogP contribution in [0.25, 0.3) is 11.5 Å². The number of hydrogen-bond donors (Lipinski definition) is 1. The lowest BCUT2D eigenvalue weighted by atomic mass is 9.90. The highest BCUT2D eigenvalue weighted by Crippen LogP contribution is 2.40. The highest BCUT2D eigenvalue weighted by Gasteiger charge is 2.34. The van der Waals surface area contributed by atoms with E-state index in [2.05, 4.69) is 29.0 Å². The molecule has 2 heterocycles. The third kappa shape index (κ3) is 6.16. The lowest BCUT2D eigenvalue weighted by molar-refractivity contribution is -0.120. The quantitative estimate of drug-likeness (QED) is 0.642. The fourth-order valence-electron chi connectivity index (χ4n) is 3.90. The van der Waals surface area contributed by atoms with Gasteiger partial charge in [-0.1, -0.05) is 13.8 Å². The molecule has 0 unspecified atom stereocenters. The SMILES string of the molecule is CC(C)NC(=O)CN(C)c1nc(-c2cc(OCCN(C)C)ccn2)nc2c1CC(C)(C)C2. The fraction of sp³-hybridized carbons (Fsp3) is 0.583. The van der Waals surface area contributed by atoms with Crippen LogP contribution < -0.4 is 15.0 Å². The molecule has 0 radical (unpaired) electrons. The van der Waals surface area contributed by atoms with E-state index in [1.54, 1.807) is 6.20 Å². The molecular formula is C24H36N6O2. The van der Waals surface area contributed by atoms with E-state index in [1.165, 1.54) is 0 Å². The molecule has 0 bridgehead atoms. The number of anilines is 1. The molecule has 3 rings (SSSR count). The number of likely N-dealkylation sites (N-methyl/N-ethyl adjacent to an activating group) is 2. The summed E-state index contributed by atoms with van der Waals surface area (Å²) >= 11 is 0. The van der Waals surface area contributed by atoms with Gasteiger partial charge in [0.2, 0.25) is 5.91 Å². The average molecular weight is 441 g/mol. The number of hydrogen-bond acceptors (Lipinski definition) is 7. The zero-order valence-corrected chi connectivity index (χ0v) is 20.4. The summed E-state index contributed by atoms with van der Waals surface area (Å²) in [6.07, 6.45) is 3.48. The summed E-state index contributed by atoms with van der Waals surface area (Å²) < 4.78 is 5.87. The second kappa shape index (κ2) is 9.81. The van der Waals surface area contributed by atoms with E-state index in [-0.39, 0.29) is 23.9 Å². The van der Waals surface area contributed by atoms with Crippen LogP contribution in [0.1, 0.15) is 39.0 Å². The number of pyridine rings is 1. The Bertz CT molecular complexity index is 958. The Morgan fingerprint density at radius 2 is 1.97 bits per heavy atom. The van der Waals surface area contributed by atoms with Crippen molar-refractivity contribution in [1.82, 2.24) is 25.2 Å². The van der Waals surface area contributed by atoms with Crippen LogP contribution in [0, 0.1) is 5.41 Å². The first kappa shape index (κ1) is 23.9. The summed E-state index contributed by atoms with van der Waals surface area (Å²) in [5.74, 6) is 2.08. The van der Waals surface area contributed by atoms with Gasteiger partial charge in [-0.05, 0) is 52.3 Å². The van der Waals surface area contributed by atoms with Gasteiger partial charge in [-0.15, -0.1) is 0 Å². The standard InChI is InChI=1S/C24H36N6O2/c1-16(2)26-21(31)15-30(7)23-18-13-24(3,4)14-20(18)27-22(28-23)19-12-17(8-9-25-19)32-11-10-29(5)6/h8-9,12,16H,10-11,13-15H2,1-7H3,(H,26,31). The molecule has 0 saturated carbocycles. The molecule has 0 saturated heterocycles. The third-order valence-corrected chi connectivity index (χ3v) is 5.33. The second-order valence-electron chi connectivity index (χ2n) is 9.92. The van der Waals surface area contributed by atoms with Gasteiger partial charge in [-0.3, -0.25) is 9.78 Å². The van der Waals surface area contributed by atoms with Gasteiger partial charge >= 0.3 is 0 Å². The summed E-state index contributed by atoms with van der Waals surface area (Å²) in [6.45, 7) is 10.1. The van der Waals surface area contributed by atoms with Crippen LogP contribution in [-0.2, 0) is 17.6 Å². The van der Waals surface area contributed by atoms with E-state index in [1.807, 2.05) is 52.0 Å². The zero-order valence-electron chi connectivity index (χ0n) is 20.4. The van der Waals surface area contributed by atoms with E-state index in [9.17, 15) is 4.79 Å². The number of fused-ring (bicyclic) bond motifs is 1. The Labute approximate surface area is 191 Å². The molecular weight excluding hydrogens is 404 g/mol. The molecule has 8 nitrogen and oxygen atoms in total. The van der Waals surface area contributed by atoms with Gasteiger partial charge in [0.25, 0.3) is 0 Å². The maximum atomic E-state index is 12.4. The highest BCUT2D eigenvalue weighted by molar-refractivity contribution is 5.81. The van der Waals surface area contributed by atoms with Crippen LogP contribution in [0.2, 0.25) is 0 Å². The average Bonchev–Trinajstić information content (AvgIpc) is 3.00. The van der Waals surface area contributed by atoms with Crippen LogP contribution in [-0.4, -0.2) is 72.6 Å². The zero-order chi connectivity index (χ0) is 23.5. The molecule has 1 amide bonds. The van der Waals surface area contributed by atoms with Crippen molar-refractivity contribution in [3.8, 4) is 17.3 Å². The van der Waals surface area contributed by atoms with Gasteiger partial charge in [0.05, 0.1) is 12.2 Å². The van der Waals surface area contributed by atoms with Gasteiger partial charge in [0, 0.05) is 37.5 Å². The first-order valence-electron chi connectivity index (χ1n) is 11.2. The molecule has 0 aliphatic heterocycles. The fourth-order valence-corrected chi connectivity index (χ4v) is 3.90. The molecule has 2 aromatic rings. The van der Waals surface area contributed by atoms with Crippen molar-refractivity contribution in [2.24, 2.45) is 5.41 Å². The molecule has 0 spiro atoms. The number of ether oxygens (including phenoxy) is 1. The van der Waals surface area contributed by atoms with Crippen molar-refractivity contribution < 1.29 is 9.53 Å². The van der Waals surface area contributed by atoms with Crippen LogP contribution >= 0.6 is 0 Å². The van der Waals surface area contributed by atoms with Gasteiger partial charge in [0.15, 0.2) is 5.82 Å². The Morgan fingerprint density at radius 1 is 1.22 bits per heavy atom. The number of aromatic nitrogens is 3. The summed E-state index contributed by atoms with van der Waals surface area (Å²) in [6, 6.07) is 3.83. The maximum absolute atomic E-state index is 12.4. The van der Waals surface area contributed by atoms with Crippen molar-refractivity contribution in [3.05, 3.63) is 29.6 Å². The summed E-state index contributed by atoms with van der Waals surface area (Å²) in [5, 5.41) is 2.95. The Hall–Kier alpha value is -2.74. The Morgan fingerprint density at radius 3 is 2.66 bits per heavy atom. The topological polar surface area (TPSA) is 83.5 Å². The molecule has 1 N–H and O–H groups in total. The molecule has 0 fully saturated rings. The largest absolute Gasteiger partial charge is 0.492 e. The summed E-state index contributed by atoms with van der Waals surface area (Å²) in [5.41, 5.74) is 2.93.